The molecule has 0 radical (unpaired) electrons. The van der Waals surface area contributed by atoms with Crippen molar-refractivity contribution in [3.05, 3.63) is 42.5 Å². The van der Waals surface area contributed by atoms with Gasteiger partial charge in [0.25, 0.3) is 0 Å². The molecule has 31 heavy (non-hydrogen) atoms. The second-order valence-corrected chi connectivity index (χ2v) is 7.05. The molecule has 3 aromatic rings. The quantitative estimate of drug-likeness (QED) is 0.664. The number of hydrogen-bond acceptors (Lipinski definition) is 7. The van der Waals surface area contributed by atoms with E-state index in [1.165, 1.54) is 4.68 Å². The van der Waals surface area contributed by atoms with Crippen LogP contribution in [0, 0.1) is 0 Å². The first-order chi connectivity index (χ1) is 15.1. The molecule has 0 spiro atoms. The zero-order valence-corrected chi connectivity index (χ0v) is 16.6. The molecule has 0 bridgehead atoms. The Morgan fingerprint density at radius 2 is 1.94 bits per heavy atom. The lowest BCUT2D eigenvalue weighted by atomic mass is 10.1. The zero-order valence-electron chi connectivity index (χ0n) is 16.6. The van der Waals surface area contributed by atoms with E-state index in [9.17, 15) is 9.59 Å². The standard InChI is InChI=1S/C21H19N5O5/c1-29-14-5-2-12(3-6-14)19-24-21-23-18(27)11-15(26(21)25-19)20(28)22-13-4-7-16-17(10-13)31-9-8-30-16/h2-7,10,15H,8-9,11H2,1H3,(H,22,28)(H,23,24,25,27)/t15-/m1/s1. The van der Waals surface area contributed by atoms with Gasteiger partial charge in [-0.3, -0.25) is 14.9 Å². The summed E-state index contributed by atoms with van der Waals surface area (Å²) >= 11 is 0. The van der Waals surface area contributed by atoms with E-state index < -0.39 is 6.04 Å². The van der Waals surface area contributed by atoms with Crippen LogP contribution in [0.5, 0.6) is 17.2 Å². The molecule has 5 rings (SSSR count). The molecule has 0 fully saturated rings. The molecular formula is C21H19N5O5. The summed E-state index contributed by atoms with van der Waals surface area (Å²) in [5.41, 5.74) is 1.28. The van der Waals surface area contributed by atoms with Crippen molar-refractivity contribution in [1.29, 1.82) is 0 Å². The van der Waals surface area contributed by atoms with Crippen LogP contribution >= 0.6 is 0 Å². The number of anilines is 2. The van der Waals surface area contributed by atoms with Gasteiger partial charge in [-0.2, -0.15) is 4.98 Å². The van der Waals surface area contributed by atoms with Crippen LogP contribution in [-0.4, -0.2) is 46.9 Å². The van der Waals surface area contributed by atoms with Crippen LogP contribution in [0.3, 0.4) is 0 Å². The summed E-state index contributed by atoms with van der Waals surface area (Å²) in [4.78, 5) is 29.6. The van der Waals surface area contributed by atoms with Crippen molar-refractivity contribution in [2.24, 2.45) is 0 Å². The SMILES string of the molecule is COc1ccc(-c2nc3n(n2)[C@@H](C(=O)Nc2ccc4c(c2)OCCO4)CC(=O)N3)cc1. The van der Waals surface area contributed by atoms with E-state index in [1.807, 2.05) is 12.1 Å². The number of carbonyl (C=O) groups is 2. The molecule has 0 saturated carbocycles. The van der Waals surface area contributed by atoms with Gasteiger partial charge >= 0.3 is 0 Å². The van der Waals surface area contributed by atoms with Gasteiger partial charge < -0.3 is 19.5 Å². The topological polar surface area (TPSA) is 117 Å². The first-order valence-corrected chi connectivity index (χ1v) is 9.72. The smallest absolute Gasteiger partial charge is 0.249 e. The van der Waals surface area contributed by atoms with Gasteiger partial charge in [-0.1, -0.05) is 0 Å². The molecule has 0 aliphatic carbocycles. The van der Waals surface area contributed by atoms with Gasteiger partial charge in [0, 0.05) is 17.3 Å². The molecule has 0 unspecified atom stereocenters. The molecule has 1 aromatic heterocycles. The van der Waals surface area contributed by atoms with Gasteiger partial charge in [-0.05, 0) is 36.4 Å². The number of benzene rings is 2. The Kier molecular flexibility index (Phi) is 4.66. The first-order valence-electron chi connectivity index (χ1n) is 9.72. The molecule has 2 N–H and O–H groups in total. The third kappa shape index (κ3) is 3.63. The Bertz CT molecular complexity index is 1160. The lowest BCUT2D eigenvalue weighted by Crippen LogP contribution is -2.36. The number of aromatic nitrogens is 3. The lowest BCUT2D eigenvalue weighted by molar-refractivity contribution is -0.125. The van der Waals surface area contributed by atoms with Crippen molar-refractivity contribution in [2.75, 3.05) is 31.0 Å². The summed E-state index contributed by atoms with van der Waals surface area (Å²) in [6, 6.07) is 11.5. The van der Waals surface area contributed by atoms with Crippen molar-refractivity contribution >= 4 is 23.5 Å². The van der Waals surface area contributed by atoms with Crippen molar-refractivity contribution in [1.82, 2.24) is 14.8 Å². The number of rotatable bonds is 4. The van der Waals surface area contributed by atoms with Crippen molar-refractivity contribution in [3.63, 3.8) is 0 Å². The Hall–Kier alpha value is -4.08. The second kappa shape index (κ2) is 7.63. The Labute approximate surface area is 177 Å². The number of fused-ring (bicyclic) bond motifs is 2. The highest BCUT2D eigenvalue weighted by Gasteiger charge is 2.33. The predicted molar refractivity (Wildman–Crippen MR) is 110 cm³/mol. The van der Waals surface area contributed by atoms with Crippen LogP contribution in [0.4, 0.5) is 11.6 Å². The van der Waals surface area contributed by atoms with Gasteiger partial charge in [0.1, 0.15) is 25.0 Å². The molecule has 2 amide bonds. The monoisotopic (exact) mass is 421 g/mol. The number of methoxy groups -OCH3 is 1. The molecule has 2 aromatic carbocycles. The highest BCUT2D eigenvalue weighted by molar-refractivity contribution is 6.01. The van der Waals surface area contributed by atoms with Gasteiger partial charge in [-0.15, -0.1) is 5.10 Å². The fraction of sp³-hybridized carbons (Fsp3) is 0.238. The third-order valence-electron chi connectivity index (χ3n) is 5.02. The molecule has 1 atom stereocenters. The number of hydrogen-bond donors (Lipinski definition) is 2. The van der Waals surface area contributed by atoms with Crippen molar-refractivity contribution in [2.45, 2.75) is 12.5 Å². The zero-order chi connectivity index (χ0) is 21.4. The van der Waals surface area contributed by atoms with Gasteiger partial charge in [-0.25, -0.2) is 4.68 Å². The lowest BCUT2D eigenvalue weighted by Gasteiger charge is -2.23. The maximum atomic E-state index is 13.0. The number of amides is 2. The van der Waals surface area contributed by atoms with Crippen LogP contribution in [0.1, 0.15) is 12.5 Å². The molecule has 158 valence electrons. The van der Waals surface area contributed by atoms with Crippen LogP contribution in [0.15, 0.2) is 42.5 Å². The summed E-state index contributed by atoms with van der Waals surface area (Å²) in [6.07, 6.45) is -0.0468. The molecule has 2 aliphatic rings. The summed E-state index contributed by atoms with van der Waals surface area (Å²) in [6.45, 7) is 0.936. The first kappa shape index (κ1) is 18.9. The van der Waals surface area contributed by atoms with Crippen LogP contribution in [-0.2, 0) is 9.59 Å². The molecule has 10 nitrogen and oxygen atoms in total. The van der Waals surface area contributed by atoms with Gasteiger partial charge in [0.05, 0.1) is 13.5 Å². The Morgan fingerprint density at radius 3 is 2.71 bits per heavy atom. The summed E-state index contributed by atoms with van der Waals surface area (Å²) in [7, 11) is 1.59. The van der Waals surface area contributed by atoms with E-state index in [0.29, 0.717) is 42.0 Å². The molecule has 10 heteroatoms. The fourth-order valence-corrected chi connectivity index (χ4v) is 3.48. The molecule has 0 saturated heterocycles. The number of ether oxygens (including phenoxy) is 3. The van der Waals surface area contributed by atoms with Crippen molar-refractivity contribution in [3.8, 4) is 28.6 Å². The number of nitrogens with zero attached hydrogens (tertiary/aromatic N) is 3. The Morgan fingerprint density at radius 1 is 1.16 bits per heavy atom. The van der Waals surface area contributed by atoms with Gasteiger partial charge in [0.15, 0.2) is 17.3 Å². The average molecular weight is 421 g/mol. The normalized spacial score (nSPS) is 16.8. The van der Waals surface area contributed by atoms with Gasteiger partial charge in [0.2, 0.25) is 17.8 Å². The average Bonchev–Trinajstić information content (AvgIpc) is 3.22. The number of carbonyl (C=O) groups excluding carboxylic acids is 2. The second-order valence-electron chi connectivity index (χ2n) is 7.05. The highest BCUT2D eigenvalue weighted by Crippen LogP contribution is 2.33. The molecule has 3 heterocycles. The molecule has 2 aliphatic heterocycles. The van der Waals surface area contributed by atoms with E-state index in [4.69, 9.17) is 14.2 Å². The van der Waals surface area contributed by atoms with Crippen LogP contribution < -0.4 is 24.8 Å². The van der Waals surface area contributed by atoms with E-state index in [1.54, 1.807) is 37.4 Å². The van der Waals surface area contributed by atoms with E-state index >= 15 is 0 Å². The minimum absolute atomic E-state index is 0.0468. The number of nitrogens with one attached hydrogen (secondary N) is 2. The Balaban J connectivity index is 1.40. The van der Waals surface area contributed by atoms with Crippen molar-refractivity contribution < 1.29 is 23.8 Å². The largest absolute Gasteiger partial charge is 0.497 e. The summed E-state index contributed by atoms with van der Waals surface area (Å²) in [5, 5.41) is 9.97. The van der Waals surface area contributed by atoms with E-state index in [2.05, 4.69) is 20.7 Å². The maximum Gasteiger partial charge on any atom is 0.249 e. The summed E-state index contributed by atoms with van der Waals surface area (Å²) < 4.78 is 17.7. The highest BCUT2D eigenvalue weighted by atomic mass is 16.6. The molecular weight excluding hydrogens is 402 g/mol. The van der Waals surface area contributed by atoms with Crippen LogP contribution in [0.25, 0.3) is 11.4 Å². The minimum atomic E-state index is -0.837. The maximum absolute atomic E-state index is 13.0. The third-order valence-corrected chi connectivity index (χ3v) is 5.02. The van der Waals surface area contributed by atoms with Crippen LogP contribution in [0.2, 0.25) is 0 Å². The summed E-state index contributed by atoms with van der Waals surface area (Å²) in [5.74, 6) is 1.85. The minimum Gasteiger partial charge on any atom is -0.497 e. The fourth-order valence-electron chi connectivity index (χ4n) is 3.48. The predicted octanol–water partition coefficient (Wildman–Crippen LogP) is 2.25. The van der Waals surface area contributed by atoms with E-state index in [0.717, 1.165) is 5.56 Å². The van der Waals surface area contributed by atoms with E-state index in [-0.39, 0.29) is 24.2 Å².